The van der Waals surface area contributed by atoms with Gasteiger partial charge in [-0.05, 0) is 12.1 Å². The Hall–Kier alpha value is -2.19. The number of anilines is 1. The van der Waals surface area contributed by atoms with Gasteiger partial charge in [0.05, 0.1) is 17.0 Å². The second-order valence-electron chi connectivity index (χ2n) is 4.40. The minimum Gasteiger partial charge on any atom is -0.357 e. The highest BCUT2D eigenvalue weighted by atomic mass is 32.2. The molecule has 0 bridgehead atoms. The van der Waals surface area contributed by atoms with Crippen LogP contribution in [0.4, 0.5) is 5.13 Å². The molecule has 0 radical (unpaired) electrons. The number of hydrogen-bond donors (Lipinski definition) is 1. The molecule has 1 aromatic heterocycles. The first-order valence-corrected chi connectivity index (χ1v) is 8.27. The van der Waals surface area contributed by atoms with Gasteiger partial charge in [-0.3, -0.25) is 14.5 Å². The Morgan fingerprint density at radius 1 is 1.23 bits per heavy atom. The molecule has 0 spiro atoms. The third-order valence-electron chi connectivity index (χ3n) is 3.00. The Labute approximate surface area is 135 Å². The van der Waals surface area contributed by atoms with Crippen molar-refractivity contribution in [2.75, 3.05) is 17.7 Å². The van der Waals surface area contributed by atoms with E-state index in [1.807, 2.05) is 0 Å². The Morgan fingerprint density at radius 2 is 1.91 bits per heavy atom. The van der Waals surface area contributed by atoms with Crippen molar-refractivity contribution in [2.45, 2.75) is 4.34 Å². The predicted molar refractivity (Wildman–Crippen MR) is 86.3 cm³/mol. The molecule has 0 saturated carbocycles. The highest BCUT2D eigenvalue weighted by molar-refractivity contribution is 8.01. The topological polar surface area (TPSA) is 75.2 Å². The molecule has 22 heavy (non-hydrogen) atoms. The van der Waals surface area contributed by atoms with Gasteiger partial charge in [-0.15, -0.1) is 16.8 Å². The van der Waals surface area contributed by atoms with Crippen LogP contribution >= 0.6 is 23.1 Å². The molecule has 0 aliphatic carbocycles. The Kier molecular flexibility index (Phi) is 4.21. The fourth-order valence-electron chi connectivity index (χ4n) is 1.98. The smallest absolute Gasteiger partial charge is 0.262 e. The van der Waals surface area contributed by atoms with Gasteiger partial charge < -0.3 is 5.32 Å². The number of carbonyl (C=O) groups excluding carboxylic acids is 2. The fraction of sp³-hybridized carbons (Fsp3) is 0.143. The summed E-state index contributed by atoms with van der Waals surface area (Å²) < 4.78 is 0.697. The number of carbonyl (C=O) groups is 2. The van der Waals surface area contributed by atoms with Gasteiger partial charge in [0.2, 0.25) is 5.13 Å². The number of thioether (sulfide) groups is 1. The molecule has 0 atom stereocenters. The summed E-state index contributed by atoms with van der Waals surface area (Å²) in [4.78, 5) is 25.7. The molecular formula is C14H12N4O2S2. The summed E-state index contributed by atoms with van der Waals surface area (Å²) in [5.74, 6) is -0.298. The second-order valence-corrected chi connectivity index (χ2v) is 6.57. The normalized spacial score (nSPS) is 13.4. The zero-order valence-electron chi connectivity index (χ0n) is 11.5. The lowest BCUT2D eigenvalue weighted by Gasteiger charge is -2.11. The van der Waals surface area contributed by atoms with Crippen LogP contribution in [-0.4, -0.2) is 39.3 Å². The fourth-order valence-corrected chi connectivity index (χ4v) is 3.66. The number of rotatable bonds is 6. The number of nitrogens with one attached hydrogen (secondary N) is 1. The highest BCUT2D eigenvalue weighted by Crippen LogP contribution is 2.29. The number of amides is 2. The van der Waals surface area contributed by atoms with Crippen LogP contribution < -0.4 is 5.32 Å². The van der Waals surface area contributed by atoms with Gasteiger partial charge in [-0.1, -0.05) is 41.3 Å². The van der Waals surface area contributed by atoms with Gasteiger partial charge in [-0.2, -0.15) is 0 Å². The van der Waals surface area contributed by atoms with Crippen molar-refractivity contribution in [3.63, 3.8) is 0 Å². The molecule has 1 N–H and O–H groups in total. The first-order valence-electron chi connectivity index (χ1n) is 6.47. The van der Waals surface area contributed by atoms with Crippen LogP contribution in [0.25, 0.3) is 0 Å². The molecule has 2 amide bonds. The Balaban J connectivity index is 1.65. The number of benzene rings is 1. The minimum absolute atomic E-state index is 0.225. The zero-order valence-corrected chi connectivity index (χ0v) is 13.1. The van der Waals surface area contributed by atoms with Crippen molar-refractivity contribution in [3.05, 3.63) is 48.0 Å². The molecule has 2 heterocycles. The van der Waals surface area contributed by atoms with Crippen molar-refractivity contribution in [3.8, 4) is 0 Å². The SMILES string of the molecule is C=CCNc1nnc(SCN2C(=O)c3ccccc3C2=O)s1. The lowest BCUT2D eigenvalue weighted by Crippen LogP contribution is -2.29. The zero-order chi connectivity index (χ0) is 15.5. The van der Waals surface area contributed by atoms with Crippen LogP contribution in [0.5, 0.6) is 0 Å². The Bertz CT molecular complexity index is 709. The van der Waals surface area contributed by atoms with Crippen molar-refractivity contribution in [1.29, 1.82) is 0 Å². The third kappa shape index (κ3) is 2.75. The predicted octanol–water partition coefficient (Wildman–Crippen LogP) is 2.48. The van der Waals surface area contributed by atoms with E-state index in [1.54, 1.807) is 30.3 Å². The molecule has 1 aliphatic heterocycles. The summed E-state index contributed by atoms with van der Waals surface area (Å²) in [7, 11) is 0. The van der Waals surface area contributed by atoms with E-state index in [9.17, 15) is 9.59 Å². The van der Waals surface area contributed by atoms with Gasteiger partial charge in [0.1, 0.15) is 0 Å². The molecule has 3 rings (SSSR count). The van der Waals surface area contributed by atoms with Gasteiger partial charge >= 0.3 is 0 Å². The van der Waals surface area contributed by atoms with E-state index < -0.39 is 0 Å². The van der Waals surface area contributed by atoms with Crippen LogP contribution in [0, 0.1) is 0 Å². The maximum Gasteiger partial charge on any atom is 0.262 e. The first kappa shape index (κ1) is 14.7. The van der Waals surface area contributed by atoms with Crippen LogP contribution in [-0.2, 0) is 0 Å². The molecule has 0 fully saturated rings. The molecule has 0 saturated heterocycles. The summed E-state index contributed by atoms with van der Waals surface area (Å²) in [6.45, 7) is 4.22. The monoisotopic (exact) mass is 332 g/mol. The maximum absolute atomic E-state index is 12.2. The van der Waals surface area contributed by atoms with E-state index >= 15 is 0 Å². The maximum atomic E-state index is 12.2. The minimum atomic E-state index is -0.261. The van der Waals surface area contributed by atoms with E-state index in [0.29, 0.717) is 27.1 Å². The summed E-state index contributed by atoms with van der Waals surface area (Å²) >= 11 is 2.69. The molecule has 1 aromatic carbocycles. The molecule has 6 nitrogen and oxygen atoms in total. The van der Waals surface area contributed by atoms with Crippen molar-refractivity contribution in [2.24, 2.45) is 0 Å². The van der Waals surface area contributed by atoms with Gasteiger partial charge in [-0.25, -0.2) is 0 Å². The quantitative estimate of drug-likeness (QED) is 0.498. The second kappa shape index (κ2) is 6.29. The summed E-state index contributed by atoms with van der Waals surface area (Å²) in [6, 6.07) is 6.84. The molecule has 112 valence electrons. The van der Waals surface area contributed by atoms with Crippen molar-refractivity contribution < 1.29 is 9.59 Å². The van der Waals surface area contributed by atoms with E-state index in [-0.39, 0.29) is 17.7 Å². The molecule has 2 aromatic rings. The van der Waals surface area contributed by atoms with Crippen LogP contribution in [0.15, 0.2) is 41.3 Å². The van der Waals surface area contributed by atoms with E-state index in [4.69, 9.17) is 0 Å². The molecule has 1 aliphatic rings. The van der Waals surface area contributed by atoms with E-state index in [0.717, 1.165) is 0 Å². The highest BCUT2D eigenvalue weighted by Gasteiger charge is 2.35. The van der Waals surface area contributed by atoms with Crippen LogP contribution in [0.2, 0.25) is 0 Å². The summed E-state index contributed by atoms with van der Waals surface area (Å²) in [5, 5.41) is 11.7. The number of nitrogens with zero attached hydrogens (tertiary/aromatic N) is 3. The lowest BCUT2D eigenvalue weighted by molar-refractivity contribution is 0.0684. The first-order chi connectivity index (χ1) is 10.7. The number of imide groups is 1. The van der Waals surface area contributed by atoms with Gasteiger partial charge in [0, 0.05) is 6.54 Å². The lowest BCUT2D eigenvalue weighted by atomic mass is 10.1. The average Bonchev–Trinajstić information content (AvgIpc) is 3.08. The summed E-state index contributed by atoms with van der Waals surface area (Å²) in [6.07, 6.45) is 1.73. The average molecular weight is 332 g/mol. The molecule has 0 unspecified atom stereocenters. The third-order valence-corrected chi connectivity index (χ3v) is 4.99. The van der Waals surface area contributed by atoms with Crippen molar-refractivity contribution in [1.82, 2.24) is 15.1 Å². The molecule has 8 heteroatoms. The Morgan fingerprint density at radius 3 is 2.55 bits per heavy atom. The van der Waals surface area contributed by atoms with E-state index in [2.05, 4.69) is 22.1 Å². The summed E-state index contributed by atoms with van der Waals surface area (Å²) in [5.41, 5.74) is 0.914. The van der Waals surface area contributed by atoms with E-state index in [1.165, 1.54) is 28.0 Å². The number of aromatic nitrogens is 2. The number of fused-ring (bicyclic) bond motifs is 1. The van der Waals surface area contributed by atoms with Gasteiger partial charge in [0.25, 0.3) is 11.8 Å². The van der Waals surface area contributed by atoms with Crippen LogP contribution in [0.3, 0.4) is 0 Å². The number of hydrogen-bond acceptors (Lipinski definition) is 7. The molecular weight excluding hydrogens is 320 g/mol. The van der Waals surface area contributed by atoms with Crippen molar-refractivity contribution >= 4 is 40.0 Å². The van der Waals surface area contributed by atoms with Gasteiger partial charge in [0.15, 0.2) is 4.34 Å². The standard InChI is InChI=1S/C14H12N4O2S2/c1-2-7-15-13-16-17-14(22-13)21-8-18-11(19)9-5-3-4-6-10(9)12(18)20/h2-6H,1,7-8H2,(H,15,16). The largest absolute Gasteiger partial charge is 0.357 e. The van der Waals surface area contributed by atoms with Crippen LogP contribution in [0.1, 0.15) is 20.7 Å².